The topological polar surface area (TPSA) is 117 Å². The summed E-state index contributed by atoms with van der Waals surface area (Å²) in [5.41, 5.74) is -0.450. The molecule has 0 amide bonds. The number of nitro benzene ring substituents is 1. The molecule has 0 saturated carbocycles. The molecule has 0 atom stereocenters. The number of ether oxygens (including phenoxy) is 4. The summed E-state index contributed by atoms with van der Waals surface area (Å²) >= 11 is 0. The normalized spacial score (nSPS) is 17.0. The van der Waals surface area contributed by atoms with Crippen molar-refractivity contribution in [2.24, 2.45) is 0 Å². The summed E-state index contributed by atoms with van der Waals surface area (Å²) in [5.74, 6) is 1.27. The number of hydrogen-bond donors (Lipinski definition) is 0. The molecule has 0 aromatic heterocycles. The first-order chi connectivity index (χ1) is 13.9. The van der Waals surface area contributed by atoms with Crippen molar-refractivity contribution in [1.82, 2.24) is 4.31 Å². The van der Waals surface area contributed by atoms with Crippen LogP contribution in [0.25, 0.3) is 0 Å². The lowest BCUT2D eigenvalue weighted by Gasteiger charge is -2.26. The molecule has 1 saturated heterocycles. The molecule has 2 aliphatic rings. The Bertz CT molecular complexity index is 1030. The molecule has 0 bridgehead atoms. The fraction of sp³-hybridized carbons (Fsp3) is 0.333. The molecule has 2 aromatic rings. The van der Waals surface area contributed by atoms with Gasteiger partial charge in [0.05, 0.1) is 23.0 Å². The number of nitrogens with zero attached hydrogens (tertiary/aromatic N) is 2. The van der Waals surface area contributed by atoms with Gasteiger partial charge in [-0.3, -0.25) is 10.1 Å². The number of hydrogen-bond acceptors (Lipinski definition) is 8. The molecule has 2 aliphatic heterocycles. The van der Waals surface area contributed by atoms with Crippen LogP contribution in [0.5, 0.6) is 23.0 Å². The Morgan fingerprint density at radius 2 is 1.69 bits per heavy atom. The molecule has 4 rings (SSSR count). The van der Waals surface area contributed by atoms with E-state index < -0.39 is 20.6 Å². The molecule has 10 nitrogen and oxygen atoms in total. The van der Waals surface area contributed by atoms with Crippen LogP contribution in [-0.4, -0.2) is 57.2 Å². The molecular formula is C18H18N2O8S. The quantitative estimate of drug-likeness (QED) is 0.532. The van der Waals surface area contributed by atoms with E-state index in [9.17, 15) is 18.5 Å². The van der Waals surface area contributed by atoms with E-state index in [0.717, 1.165) is 6.07 Å². The molecule has 0 N–H and O–H groups in total. The molecule has 2 heterocycles. The van der Waals surface area contributed by atoms with E-state index in [0.29, 0.717) is 30.5 Å². The highest BCUT2D eigenvalue weighted by molar-refractivity contribution is 7.89. The van der Waals surface area contributed by atoms with Gasteiger partial charge in [-0.1, -0.05) is 0 Å². The lowest BCUT2D eigenvalue weighted by Crippen LogP contribution is -2.40. The van der Waals surface area contributed by atoms with E-state index >= 15 is 0 Å². The predicted octanol–water partition coefficient (Wildman–Crippen LogP) is 2.18. The van der Waals surface area contributed by atoms with Crippen LogP contribution in [0.3, 0.4) is 0 Å². The summed E-state index contributed by atoms with van der Waals surface area (Å²) in [6.45, 7) is 1.80. The zero-order valence-electron chi connectivity index (χ0n) is 15.3. The highest BCUT2D eigenvalue weighted by atomic mass is 32.2. The Hall–Kier alpha value is -2.89. The maximum Gasteiger partial charge on any atom is 0.312 e. The van der Waals surface area contributed by atoms with Gasteiger partial charge in [0.15, 0.2) is 11.5 Å². The van der Waals surface area contributed by atoms with Crippen molar-refractivity contribution in [3.8, 4) is 23.0 Å². The SMILES string of the molecule is O=[N+]([O-])c1cc(S(=O)(=O)N2CCOCC2)ccc1Oc1ccc2c(c1)OCCO2. The number of rotatable bonds is 5. The second-order valence-electron chi connectivity index (χ2n) is 6.31. The van der Waals surface area contributed by atoms with E-state index in [1.807, 2.05) is 0 Å². The maximum atomic E-state index is 12.8. The Morgan fingerprint density at radius 3 is 2.41 bits per heavy atom. The standard InChI is InChI=1S/C18H18N2O8S/c21-20(22)15-12-14(29(23,24)19-5-7-25-8-6-19)2-4-16(15)28-13-1-3-17-18(11-13)27-10-9-26-17/h1-4,11-12H,5-10H2. The summed E-state index contributed by atoms with van der Waals surface area (Å²) in [6, 6.07) is 8.39. The Balaban J connectivity index is 1.64. The highest BCUT2D eigenvalue weighted by Gasteiger charge is 2.29. The number of sulfonamides is 1. The zero-order chi connectivity index (χ0) is 20.4. The van der Waals surface area contributed by atoms with E-state index in [4.69, 9.17) is 18.9 Å². The van der Waals surface area contributed by atoms with Crippen LogP contribution < -0.4 is 14.2 Å². The molecule has 29 heavy (non-hydrogen) atoms. The van der Waals surface area contributed by atoms with Crippen LogP contribution in [0.15, 0.2) is 41.3 Å². The van der Waals surface area contributed by atoms with Crippen LogP contribution in [-0.2, 0) is 14.8 Å². The molecule has 1 fully saturated rings. The average Bonchev–Trinajstić information content (AvgIpc) is 2.74. The third kappa shape index (κ3) is 3.97. The summed E-state index contributed by atoms with van der Waals surface area (Å²) < 4.78 is 48.5. The number of nitro groups is 1. The van der Waals surface area contributed by atoms with Crippen LogP contribution in [0.2, 0.25) is 0 Å². The van der Waals surface area contributed by atoms with Gasteiger partial charge in [0.25, 0.3) is 0 Å². The molecule has 0 aliphatic carbocycles. The monoisotopic (exact) mass is 422 g/mol. The van der Waals surface area contributed by atoms with Gasteiger partial charge in [-0.05, 0) is 24.3 Å². The van der Waals surface area contributed by atoms with Crippen LogP contribution >= 0.6 is 0 Å². The van der Waals surface area contributed by atoms with Gasteiger partial charge in [0.1, 0.15) is 19.0 Å². The second-order valence-corrected chi connectivity index (χ2v) is 8.25. The number of fused-ring (bicyclic) bond motifs is 1. The third-order valence-corrected chi connectivity index (χ3v) is 6.37. The van der Waals surface area contributed by atoms with Gasteiger partial charge in [-0.15, -0.1) is 0 Å². The zero-order valence-corrected chi connectivity index (χ0v) is 16.1. The van der Waals surface area contributed by atoms with Gasteiger partial charge in [-0.2, -0.15) is 4.31 Å². The van der Waals surface area contributed by atoms with Gasteiger partial charge in [0.2, 0.25) is 15.8 Å². The summed E-state index contributed by atoms with van der Waals surface area (Å²) in [4.78, 5) is 10.7. The first-order valence-electron chi connectivity index (χ1n) is 8.89. The van der Waals surface area contributed by atoms with Gasteiger partial charge in [0, 0.05) is 25.2 Å². The average molecular weight is 422 g/mol. The third-order valence-electron chi connectivity index (χ3n) is 4.48. The van der Waals surface area contributed by atoms with Crippen molar-refractivity contribution in [2.75, 3.05) is 39.5 Å². The minimum absolute atomic E-state index is 0.0763. The molecule has 0 spiro atoms. The van der Waals surface area contributed by atoms with Gasteiger partial charge >= 0.3 is 5.69 Å². The van der Waals surface area contributed by atoms with Crippen molar-refractivity contribution in [1.29, 1.82) is 0 Å². The van der Waals surface area contributed by atoms with Crippen molar-refractivity contribution >= 4 is 15.7 Å². The molecule has 2 aromatic carbocycles. The highest BCUT2D eigenvalue weighted by Crippen LogP contribution is 2.38. The second kappa shape index (κ2) is 7.85. The Labute approximate surface area is 166 Å². The predicted molar refractivity (Wildman–Crippen MR) is 100 cm³/mol. The first-order valence-corrected chi connectivity index (χ1v) is 10.3. The van der Waals surface area contributed by atoms with E-state index in [1.165, 1.54) is 16.4 Å². The minimum Gasteiger partial charge on any atom is -0.486 e. The Morgan fingerprint density at radius 1 is 0.966 bits per heavy atom. The van der Waals surface area contributed by atoms with E-state index in [-0.39, 0.29) is 36.9 Å². The smallest absolute Gasteiger partial charge is 0.312 e. The molecule has 11 heteroatoms. The van der Waals surface area contributed by atoms with Crippen LogP contribution in [0, 0.1) is 10.1 Å². The Kier molecular flexibility index (Phi) is 5.26. The number of benzene rings is 2. The van der Waals surface area contributed by atoms with Crippen LogP contribution in [0.1, 0.15) is 0 Å². The summed E-state index contributed by atoms with van der Waals surface area (Å²) in [6.07, 6.45) is 0. The van der Waals surface area contributed by atoms with Crippen molar-refractivity contribution in [3.05, 3.63) is 46.5 Å². The van der Waals surface area contributed by atoms with E-state index in [1.54, 1.807) is 18.2 Å². The summed E-state index contributed by atoms with van der Waals surface area (Å²) in [5, 5.41) is 11.6. The van der Waals surface area contributed by atoms with Gasteiger partial charge < -0.3 is 18.9 Å². The van der Waals surface area contributed by atoms with Crippen molar-refractivity contribution in [2.45, 2.75) is 4.90 Å². The van der Waals surface area contributed by atoms with Crippen molar-refractivity contribution < 1.29 is 32.3 Å². The first kappa shape index (κ1) is 19.4. The lowest BCUT2D eigenvalue weighted by molar-refractivity contribution is -0.385. The number of morpholine rings is 1. The molecule has 0 radical (unpaired) electrons. The van der Waals surface area contributed by atoms with Gasteiger partial charge in [-0.25, -0.2) is 8.42 Å². The fourth-order valence-corrected chi connectivity index (χ4v) is 4.47. The largest absolute Gasteiger partial charge is 0.486 e. The van der Waals surface area contributed by atoms with Crippen LogP contribution in [0.4, 0.5) is 5.69 Å². The van der Waals surface area contributed by atoms with Crippen molar-refractivity contribution in [3.63, 3.8) is 0 Å². The molecule has 154 valence electrons. The fourth-order valence-electron chi connectivity index (χ4n) is 3.04. The van der Waals surface area contributed by atoms with E-state index in [2.05, 4.69) is 0 Å². The lowest BCUT2D eigenvalue weighted by atomic mass is 10.2. The minimum atomic E-state index is -3.86. The molecule has 0 unspecified atom stereocenters. The molecular weight excluding hydrogens is 404 g/mol. The summed E-state index contributed by atoms with van der Waals surface area (Å²) in [7, 11) is -3.86. The maximum absolute atomic E-state index is 12.8.